The van der Waals surface area contributed by atoms with Crippen molar-refractivity contribution in [2.75, 3.05) is 19.5 Å². The monoisotopic (exact) mass is 441 g/mol. The van der Waals surface area contributed by atoms with E-state index in [0.29, 0.717) is 53.5 Å². The second-order valence-electron chi connectivity index (χ2n) is 6.90. The lowest BCUT2D eigenvalue weighted by atomic mass is 10.2. The Morgan fingerprint density at radius 3 is 2.77 bits per heavy atom. The van der Waals surface area contributed by atoms with Crippen LogP contribution in [0.5, 0.6) is 11.5 Å². The van der Waals surface area contributed by atoms with Crippen LogP contribution in [-0.2, 0) is 17.8 Å². The Labute approximate surface area is 182 Å². The van der Waals surface area contributed by atoms with Gasteiger partial charge in [-0.05, 0) is 36.9 Å². The second kappa shape index (κ2) is 8.76. The van der Waals surface area contributed by atoms with E-state index in [0.717, 1.165) is 11.3 Å². The first-order chi connectivity index (χ1) is 15.1. The van der Waals surface area contributed by atoms with Crippen LogP contribution in [0.4, 0.5) is 5.69 Å². The van der Waals surface area contributed by atoms with Crippen LogP contribution in [0.2, 0.25) is 0 Å². The van der Waals surface area contributed by atoms with Crippen LogP contribution in [0.15, 0.2) is 34.4 Å². The number of fused-ring (bicyclic) bond motifs is 3. The first kappa shape index (κ1) is 20.9. The van der Waals surface area contributed by atoms with Crippen molar-refractivity contribution in [1.29, 1.82) is 0 Å². The van der Waals surface area contributed by atoms with Crippen LogP contribution >= 0.6 is 11.3 Å². The minimum atomic E-state index is -0.133. The number of hydrogen-bond donors (Lipinski definition) is 1. The largest absolute Gasteiger partial charge is 0.497 e. The fourth-order valence-corrected chi connectivity index (χ4v) is 4.38. The van der Waals surface area contributed by atoms with Gasteiger partial charge in [-0.25, -0.2) is 0 Å². The molecule has 0 saturated carbocycles. The molecule has 3 aromatic heterocycles. The Balaban J connectivity index is 1.50. The van der Waals surface area contributed by atoms with Crippen LogP contribution in [0.1, 0.15) is 25.6 Å². The summed E-state index contributed by atoms with van der Waals surface area (Å²) in [5.74, 6) is 2.32. The maximum Gasteiger partial charge on any atom is 0.272 e. The Morgan fingerprint density at radius 2 is 2.03 bits per heavy atom. The Hall–Kier alpha value is -3.40. The van der Waals surface area contributed by atoms with Crippen molar-refractivity contribution >= 4 is 38.9 Å². The molecule has 4 rings (SSSR count). The number of nitrogens with one attached hydrogen (secondary N) is 1. The third-order valence-corrected chi connectivity index (χ3v) is 5.97. The third kappa shape index (κ3) is 3.86. The molecule has 0 unspecified atom stereocenters. The number of benzene rings is 1. The quantitative estimate of drug-likeness (QED) is 0.451. The number of anilines is 1. The zero-order chi connectivity index (χ0) is 22.0. The van der Waals surface area contributed by atoms with Gasteiger partial charge < -0.3 is 14.8 Å². The first-order valence-corrected chi connectivity index (χ1v) is 10.8. The number of carbonyl (C=O) groups excluding carboxylic acids is 1. The van der Waals surface area contributed by atoms with Gasteiger partial charge in [-0.3, -0.25) is 18.6 Å². The average Bonchev–Trinajstić information content (AvgIpc) is 3.41. The smallest absolute Gasteiger partial charge is 0.272 e. The number of aryl methyl sites for hydroxylation is 2. The average molecular weight is 442 g/mol. The van der Waals surface area contributed by atoms with E-state index in [-0.39, 0.29) is 11.5 Å². The van der Waals surface area contributed by atoms with Crippen molar-refractivity contribution < 1.29 is 14.3 Å². The Bertz CT molecular complexity index is 1310. The van der Waals surface area contributed by atoms with E-state index >= 15 is 0 Å². The molecule has 0 radical (unpaired) electrons. The molecule has 0 aliphatic rings. The molecule has 0 aliphatic carbocycles. The summed E-state index contributed by atoms with van der Waals surface area (Å²) < 4.78 is 14.7. The first-order valence-electron chi connectivity index (χ1n) is 9.93. The van der Waals surface area contributed by atoms with Crippen LogP contribution in [0.25, 0.3) is 16.0 Å². The normalized spacial score (nSPS) is 11.2. The highest BCUT2D eigenvalue weighted by Gasteiger charge is 2.17. The maximum absolute atomic E-state index is 12.6. The minimum Gasteiger partial charge on any atom is -0.497 e. The van der Waals surface area contributed by atoms with Gasteiger partial charge in [0, 0.05) is 25.5 Å². The Morgan fingerprint density at radius 1 is 1.19 bits per heavy atom. The molecule has 0 aliphatic heterocycles. The van der Waals surface area contributed by atoms with Crippen LogP contribution in [0.3, 0.4) is 0 Å². The van der Waals surface area contributed by atoms with E-state index in [1.54, 1.807) is 37.0 Å². The molecule has 0 spiro atoms. The number of rotatable bonds is 8. The van der Waals surface area contributed by atoms with Gasteiger partial charge in [0.1, 0.15) is 22.0 Å². The van der Waals surface area contributed by atoms with Crippen molar-refractivity contribution in [2.45, 2.75) is 32.7 Å². The zero-order valence-electron chi connectivity index (χ0n) is 17.5. The Kier molecular flexibility index (Phi) is 5.90. The molecule has 0 fully saturated rings. The molecule has 1 N–H and O–H groups in total. The molecule has 1 amide bonds. The van der Waals surface area contributed by atoms with Crippen molar-refractivity contribution in [2.24, 2.45) is 0 Å². The predicted molar refractivity (Wildman–Crippen MR) is 119 cm³/mol. The molecule has 0 atom stereocenters. The fraction of sp³-hybridized carbons (Fsp3) is 0.333. The predicted octanol–water partition coefficient (Wildman–Crippen LogP) is 3.10. The van der Waals surface area contributed by atoms with Gasteiger partial charge in [0.2, 0.25) is 11.7 Å². The SMILES string of the molecule is CCn1c(=O)c2sccc2n2c(CCCC(=O)Nc3cc(OC)ccc3OC)nnc12. The summed E-state index contributed by atoms with van der Waals surface area (Å²) in [5.41, 5.74) is 1.32. The summed E-state index contributed by atoms with van der Waals surface area (Å²) in [7, 11) is 3.12. The summed E-state index contributed by atoms with van der Waals surface area (Å²) in [4.78, 5) is 25.1. The van der Waals surface area contributed by atoms with Gasteiger partial charge in [0.15, 0.2) is 0 Å². The van der Waals surface area contributed by atoms with Gasteiger partial charge in [-0.15, -0.1) is 21.5 Å². The summed E-state index contributed by atoms with van der Waals surface area (Å²) >= 11 is 1.41. The van der Waals surface area contributed by atoms with Crippen LogP contribution in [-0.4, -0.2) is 39.3 Å². The van der Waals surface area contributed by atoms with Gasteiger partial charge in [0.25, 0.3) is 5.56 Å². The highest BCUT2D eigenvalue weighted by Crippen LogP contribution is 2.29. The highest BCUT2D eigenvalue weighted by atomic mass is 32.1. The summed E-state index contributed by atoms with van der Waals surface area (Å²) in [6.07, 6.45) is 1.43. The van der Waals surface area contributed by atoms with Gasteiger partial charge in [0.05, 0.1) is 25.4 Å². The molecule has 4 aromatic rings. The van der Waals surface area contributed by atoms with Crippen molar-refractivity contribution in [1.82, 2.24) is 19.2 Å². The third-order valence-electron chi connectivity index (χ3n) is 5.08. The number of nitrogens with zero attached hydrogens (tertiary/aromatic N) is 4. The molecule has 9 nitrogen and oxygen atoms in total. The summed E-state index contributed by atoms with van der Waals surface area (Å²) in [6, 6.07) is 7.14. The van der Waals surface area contributed by atoms with E-state index in [4.69, 9.17) is 9.47 Å². The number of carbonyl (C=O) groups is 1. The molecule has 0 bridgehead atoms. The van der Waals surface area contributed by atoms with Crippen molar-refractivity contribution in [3.8, 4) is 11.5 Å². The highest BCUT2D eigenvalue weighted by molar-refractivity contribution is 7.17. The molecular weight excluding hydrogens is 418 g/mol. The van der Waals surface area contributed by atoms with Crippen molar-refractivity contribution in [3.05, 3.63) is 45.8 Å². The lowest BCUT2D eigenvalue weighted by molar-refractivity contribution is -0.116. The number of methoxy groups -OCH3 is 2. The summed E-state index contributed by atoms with van der Waals surface area (Å²) in [5, 5.41) is 13.3. The van der Waals surface area contributed by atoms with Crippen LogP contribution in [0, 0.1) is 0 Å². The number of ether oxygens (including phenoxy) is 2. The van der Waals surface area contributed by atoms with E-state index in [9.17, 15) is 9.59 Å². The molecule has 0 saturated heterocycles. The van der Waals surface area contributed by atoms with Crippen molar-refractivity contribution in [3.63, 3.8) is 0 Å². The number of aromatic nitrogens is 4. The van der Waals surface area contributed by atoms with Gasteiger partial charge >= 0.3 is 0 Å². The lowest BCUT2D eigenvalue weighted by Gasteiger charge is -2.11. The molecule has 31 heavy (non-hydrogen) atoms. The molecule has 1 aromatic carbocycles. The zero-order valence-corrected chi connectivity index (χ0v) is 18.4. The lowest BCUT2D eigenvalue weighted by Crippen LogP contribution is -2.21. The van der Waals surface area contributed by atoms with Gasteiger partial charge in [-0.2, -0.15) is 0 Å². The molecular formula is C21H23N5O4S. The molecule has 162 valence electrons. The van der Waals surface area contributed by atoms with Crippen LogP contribution < -0.4 is 20.3 Å². The standard InChI is InChI=1S/C21H23N5O4S/c1-4-25-20(28)19-15(10-11-31-19)26-17(23-24-21(25)26)6-5-7-18(27)22-14-12-13(29-2)8-9-16(14)30-3/h8-12H,4-7H2,1-3H3,(H,22,27). The number of hydrogen-bond acceptors (Lipinski definition) is 7. The number of amides is 1. The summed E-state index contributed by atoms with van der Waals surface area (Å²) in [6.45, 7) is 2.42. The van der Waals surface area contributed by atoms with E-state index in [1.165, 1.54) is 11.3 Å². The van der Waals surface area contributed by atoms with E-state index in [1.807, 2.05) is 22.8 Å². The second-order valence-corrected chi connectivity index (χ2v) is 7.82. The number of thiophene rings is 1. The molecule has 3 heterocycles. The fourth-order valence-electron chi connectivity index (χ4n) is 3.56. The topological polar surface area (TPSA) is 99.8 Å². The van der Waals surface area contributed by atoms with E-state index in [2.05, 4.69) is 15.5 Å². The minimum absolute atomic E-state index is 0.0504. The molecule has 10 heteroatoms. The van der Waals surface area contributed by atoms with Gasteiger partial charge in [-0.1, -0.05) is 0 Å². The maximum atomic E-state index is 12.6. The van der Waals surface area contributed by atoms with E-state index < -0.39 is 0 Å².